The zero-order chi connectivity index (χ0) is 20.8. The monoisotopic (exact) mass is 400 g/mol. The summed E-state index contributed by atoms with van der Waals surface area (Å²) in [5.74, 6) is 1.30. The second-order valence-electron chi connectivity index (χ2n) is 7.07. The van der Waals surface area contributed by atoms with Crippen molar-refractivity contribution in [3.8, 4) is 11.5 Å². The van der Waals surface area contributed by atoms with Gasteiger partial charge in [-0.05, 0) is 34.9 Å². The summed E-state index contributed by atoms with van der Waals surface area (Å²) in [5.41, 5.74) is 4.07. The van der Waals surface area contributed by atoms with E-state index in [1.165, 1.54) is 0 Å². The van der Waals surface area contributed by atoms with Crippen molar-refractivity contribution in [2.45, 2.75) is 19.6 Å². The summed E-state index contributed by atoms with van der Waals surface area (Å²) in [7, 11) is 1.62. The Morgan fingerprint density at radius 1 is 0.933 bits per heavy atom. The number of aromatic amines is 1. The van der Waals surface area contributed by atoms with E-state index >= 15 is 0 Å². The molecule has 0 aliphatic carbocycles. The molecule has 0 aliphatic heterocycles. The van der Waals surface area contributed by atoms with Crippen LogP contribution in [-0.4, -0.2) is 18.0 Å². The minimum atomic E-state index is -0.0249. The Morgan fingerprint density at radius 2 is 1.73 bits per heavy atom. The SMILES string of the molecule is COc1cc(CNC(=O)Cc2c[nH]c3ccccc23)ccc1OCc1ccccc1. The fraction of sp³-hybridized carbons (Fsp3) is 0.160. The molecule has 5 heteroatoms. The Morgan fingerprint density at radius 3 is 2.57 bits per heavy atom. The maximum atomic E-state index is 12.4. The van der Waals surface area contributed by atoms with E-state index in [2.05, 4.69) is 10.3 Å². The van der Waals surface area contributed by atoms with Gasteiger partial charge >= 0.3 is 0 Å². The lowest BCUT2D eigenvalue weighted by Crippen LogP contribution is -2.24. The Labute approximate surface area is 175 Å². The zero-order valence-corrected chi connectivity index (χ0v) is 16.9. The van der Waals surface area contributed by atoms with E-state index in [-0.39, 0.29) is 5.91 Å². The van der Waals surface area contributed by atoms with Crippen LogP contribution in [0.25, 0.3) is 10.9 Å². The lowest BCUT2D eigenvalue weighted by Gasteiger charge is -2.13. The first-order valence-electron chi connectivity index (χ1n) is 9.88. The van der Waals surface area contributed by atoms with Crippen LogP contribution in [0.2, 0.25) is 0 Å². The third-order valence-electron chi connectivity index (χ3n) is 4.98. The molecule has 0 unspecified atom stereocenters. The summed E-state index contributed by atoms with van der Waals surface area (Å²) >= 11 is 0. The smallest absolute Gasteiger partial charge is 0.224 e. The van der Waals surface area contributed by atoms with Crippen LogP contribution in [0.3, 0.4) is 0 Å². The summed E-state index contributed by atoms with van der Waals surface area (Å²) < 4.78 is 11.4. The van der Waals surface area contributed by atoms with Gasteiger partial charge in [-0.15, -0.1) is 0 Å². The third-order valence-corrected chi connectivity index (χ3v) is 4.98. The van der Waals surface area contributed by atoms with Gasteiger partial charge in [-0.25, -0.2) is 0 Å². The van der Waals surface area contributed by atoms with Crippen molar-refractivity contribution in [1.82, 2.24) is 10.3 Å². The van der Waals surface area contributed by atoms with Crippen LogP contribution in [-0.2, 0) is 24.4 Å². The van der Waals surface area contributed by atoms with Gasteiger partial charge in [0.25, 0.3) is 0 Å². The maximum absolute atomic E-state index is 12.4. The van der Waals surface area contributed by atoms with E-state index in [0.717, 1.165) is 27.6 Å². The van der Waals surface area contributed by atoms with Crippen LogP contribution in [0.4, 0.5) is 0 Å². The standard InChI is InChI=1S/C25H24N2O3/c1-29-24-13-19(11-12-23(24)30-17-18-7-3-2-4-8-18)15-27-25(28)14-20-16-26-22-10-6-5-9-21(20)22/h2-13,16,26H,14-15,17H2,1H3,(H,27,28). The van der Waals surface area contributed by atoms with Crippen molar-refractivity contribution in [3.63, 3.8) is 0 Å². The first-order chi connectivity index (χ1) is 14.7. The van der Waals surface area contributed by atoms with Crippen molar-refractivity contribution >= 4 is 16.8 Å². The molecule has 1 heterocycles. The van der Waals surface area contributed by atoms with Crippen molar-refractivity contribution < 1.29 is 14.3 Å². The highest BCUT2D eigenvalue weighted by molar-refractivity contribution is 5.88. The van der Waals surface area contributed by atoms with E-state index in [0.29, 0.717) is 31.1 Å². The van der Waals surface area contributed by atoms with Crippen molar-refractivity contribution in [3.05, 3.63) is 95.7 Å². The summed E-state index contributed by atoms with van der Waals surface area (Å²) in [6.45, 7) is 0.897. The fourth-order valence-corrected chi connectivity index (χ4v) is 3.39. The van der Waals surface area contributed by atoms with E-state index in [1.807, 2.05) is 79.0 Å². The second-order valence-corrected chi connectivity index (χ2v) is 7.07. The van der Waals surface area contributed by atoms with Crippen LogP contribution in [0, 0.1) is 0 Å². The number of hydrogen-bond donors (Lipinski definition) is 2. The highest BCUT2D eigenvalue weighted by Crippen LogP contribution is 2.29. The molecular weight excluding hydrogens is 376 g/mol. The van der Waals surface area contributed by atoms with Gasteiger partial charge in [0.15, 0.2) is 11.5 Å². The molecule has 0 fully saturated rings. The molecule has 5 nitrogen and oxygen atoms in total. The number of benzene rings is 3. The number of ether oxygens (including phenoxy) is 2. The molecule has 0 saturated carbocycles. The number of para-hydroxylation sites is 1. The molecule has 0 radical (unpaired) electrons. The molecule has 0 atom stereocenters. The molecule has 0 spiro atoms. The Balaban J connectivity index is 1.35. The highest BCUT2D eigenvalue weighted by Gasteiger charge is 2.10. The molecule has 0 saturated heterocycles. The number of methoxy groups -OCH3 is 1. The second kappa shape index (κ2) is 9.18. The Bertz CT molecular complexity index is 1140. The van der Waals surface area contributed by atoms with E-state index in [1.54, 1.807) is 7.11 Å². The van der Waals surface area contributed by atoms with Gasteiger partial charge < -0.3 is 19.8 Å². The van der Waals surface area contributed by atoms with Gasteiger partial charge in [0.2, 0.25) is 5.91 Å². The quantitative estimate of drug-likeness (QED) is 0.454. The number of carbonyl (C=O) groups excluding carboxylic acids is 1. The number of amides is 1. The van der Waals surface area contributed by atoms with Crippen LogP contribution < -0.4 is 14.8 Å². The highest BCUT2D eigenvalue weighted by atomic mass is 16.5. The van der Waals surface area contributed by atoms with Crippen LogP contribution >= 0.6 is 0 Å². The third kappa shape index (κ3) is 4.63. The van der Waals surface area contributed by atoms with Gasteiger partial charge in [0.1, 0.15) is 6.61 Å². The lowest BCUT2D eigenvalue weighted by atomic mass is 10.1. The first kappa shape index (κ1) is 19.6. The summed E-state index contributed by atoms with van der Waals surface area (Å²) in [5, 5.41) is 4.06. The average molecular weight is 400 g/mol. The number of fused-ring (bicyclic) bond motifs is 1. The molecular formula is C25H24N2O3. The molecule has 2 N–H and O–H groups in total. The van der Waals surface area contributed by atoms with Gasteiger partial charge in [-0.3, -0.25) is 4.79 Å². The zero-order valence-electron chi connectivity index (χ0n) is 16.9. The predicted octanol–water partition coefficient (Wildman–Crippen LogP) is 4.61. The Kier molecular flexibility index (Phi) is 5.99. The summed E-state index contributed by atoms with van der Waals surface area (Å²) in [6.07, 6.45) is 2.23. The topological polar surface area (TPSA) is 63.3 Å². The molecule has 30 heavy (non-hydrogen) atoms. The van der Waals surface area contributed by atoms with Crippen molar-refractivity contribution in [2.75, 3.05) is 7.11 Å². The van der Waals surface area contributed by atoms with E-state index < -0.39 is 0 Å². The van der Waals surface area contributed by atoms with Crippen LogP contribution in [0.15, 0.2) is 79.0 Å². The lowest BCUT2D eigenvalue weighted by molar-refractivity contribution is -0.120. The van der Waals surface area contributed by atoms with E-state index in [9.17, 15) is 4.79 Å². The van der Waals surface area contributed by atoms with Crippen molar-refractivity contribution in [1.29, 1.82) is 0 Å². The summed E-state index contributed by atoms with van der Waals surface area (Å²) in [6, 6.07) is 23.7. The average Bonchev–Trinajstić information content (AvgIpc) is 3.20. The number of aromatic nitrogens is 1. The largest absolute Gasteiger partial charge is 0.493 e. The Hall–Kier alpha value is -3.73. The number of H-pyrrole nitrogens is 1. The fourth-order valence-electron chi connectivity index (χ4n) is 3.39. The minimum absolute atomic E-state index is 0.0249. The van der Waals surface area contributed by atoms with Crippen molar-refractivity contribution in [2.24, 2.45) is 0 Å². The van der Waals surface area contributed by atoms with Crippen LogP contribution in [0.1, 0.15) is 16.7 Å². The molecule has 0 bridgehead atoms. The molecule has 0 aliphatic rings. The van der Waals surface area contributed by atoms with Crippen LogP contribution in [0.5, 0.6) is 11.5 Å². The van der Waals surface area contributed by atoms with Gasteiger partial charge in [-0.2, -0.15) is 0 Å². The number of hydrogen-bond acceptors (Lipinski definition) is 3. The molecule has 4 rings (SSSR count). The van der Waals surface area contributed by atoms with Gasteiger partial charge in [-0.1, -0.05) is 54.6 Å². The minimum Gasteiger partial charge on any atom is -0.493 e. The number of rotatable bonds is 8. The predicted molar refractivity (Wildman–Crippen MR) is 118 cm³/mol. The first-order valence-corrected chi connectivity index (χ1v) is 9.88. The maximum Gasteiger partial charge on any atom is 0.224 e. The summed E-state index contributed by atoms with van der Waals surface area (Å²) in [4.78, 5) is 15.6. The molecule has 1 aromatic heterocycles. The molecule has 3 aromatic carbocycles. The van der Waals surface area contributed by atoms with E-state index in [4.69, 9.17) is 9.47 Å². The molecule has 4 aromatic rings. The number of carbonyl (C=O) groups is 1. The number of nitrogens with one attached hydrogen (secondary N) is 2. The van der Waals surface area contributed by atoms with Gasteiger partial charge in [0.05, 0.1) is 13.5 Å². The van der Waals surface area contributed by atoms with Gasteiger partial charge in [0, 0.05) is 23.6 Å². The normalized spacial score (nSPS) is 10.7. The molecule has 152 valence electrons. The molecule has 1 amide bonds.